The first kappa shape index (κ1) is 19.4. The molecule has 0 spiro atoms. The number of rotatable bonds is 4. The van der Waals surface area contributed by atoms with Gasteiger partial charge in [-0.05, 0) is 55.9 Å². The molecule has 1 N–H and O–H groups in total. The number of benzene rings is 2. The van der Waals surface area contributed by atoms with E-state index in [9.17, 15) is 14.4 Å². The van der Waals surface area contributed by atoms with E-state index in [0.717, 1.165) is 12.0 Å². The zero-order valence-electron chi connectivity index (χ0n) is 16.9. The van der Waals surface area contributed by atoms with Crippen LogP contribution in [0.15, 0.2) is 48.5 Å². The van der Waals surface area contributed by atoms with Gasteiger partial charge in [0.25, 0.3) is 0 Å². The minimum atomic E-state index is -0.384. The Balaban J connectivity index is 0.00000256. The quantitative estimate of drug-likeness (QED) is 0.810. The summed E-state index contributed by atoms with van der Waals surface area (Å²) >= 11 is 0. The highest BCUT2D eigenvalue weighted by atomic mass is 16.2. The normalized spacial score (nSPS) is 23.8. The fourth-order valence-electron chi connectivity index (χ4n) is 4.58. The molecule has 3 unspecified atom stereocenters. The second-order valence-electron chi connectivity index (χ2n) is 8.18. The molecule has 1 aliphatic carbocycles. The van der Waals surface area contributed by atoms with Crippen LogP contribution in [-0.4, -0.2) is 24.8 Å². The molecular weight excluding hydrogens is 364 g/mol. The van der Waals surface area contributed by atoms with Gasteiger partial charge in [0.1, 0.15) is 0 Å². The number of aryl methyl sites for hydroxylation is 1. The lowest BCUT2D eigenvalue weighted by molar-refractivity contribution is -0.129. The minimum Gasteiger partial charge on any atom is -0.359 e. The molecular formula is C24H28N2O3. The van der Waals surface area contributed by atoms with Crippen molar-refractivity contribution < 1.29 is 15.8 Å². The summed E-state index contributed by atoms with van der Waals surface area (Å²) in [4.78, 5) is 39.2. The largest absolute Gasteiger partial charge is 0.359 e. The van der Waals surface area contributed by atoms with Gasteiger partial charge in [-0.15, -0.1) is 0 Å². The van der Waals surface area contributed by atoms with Gasteiger partial charge < -0.3 is 5.32 Å². The van der Waals surface area contributed by atoms with Gasteiger partial charge in [-0.2, -0.15) is 0 Å². The molecule has 2 aromatic carbocycles. The number of amides is 3. The molecule has 0 aromatic heterocycles. The second-order valence-corrected chi connectivity index (χ2v) is 8.18. The summed E-state index contributed by atoms with van der Waals surface area (Å²) in [5.41, 5.74) is 4.21. The number of imide groups is 1. The van der Waals surface area contributed by atoms with Crippen LogP contribution in [0.3, 0.4) is 0 Å². The third-order valence-corrected chi connectivity index (χ3v) is 6.27. The third kappa shape index (κ3) is 3.69. The predicted octanol–water partition coefficient (Wildman–Crippen LogP) is 3.48. The van der Waals surface area contributed by atoms with Crippen molar-refractivity contribution >= 4 is 23.4 Å². The standard InChI is InChI=1S/C24H26N2O3.H2/c1-15-3-5-16(6-4-15)13-17-7-10-19(11-8-17)26-23(28)20-12-9-18(22(27)25-2)14-21(20)24(26)29;/h3-8,10-11,18,20-21H,9,12-14H2,1-2H3,(H,25,27);1H. The number of nitrogens with one attached hydrogen (secondary N) is 1. The van der Waals surface area contributed by atoms with Gasteiger partial charge in [0, 0.05) is 14.4 Å². The maximum Gasteiger partial charge on any atom is 0.237 e. The molecule has 0 bridgehead atoms. The van der Waals surface area contributed by atoms with E-state index in [1.807, 2.05) is 24.3 Å². The number of nitrogens with zero attached hydrogens (tertiary/aromatic N) is 1. The molecule has 5 heteroatoms. The molecule has 1 heterocycles. The smallest absolute Gasteiger partial charge is 0.237 e. The molecule has 3 amide bonds. The summed E-state index contributed by atoms with van der Waals surface area (Å²) < 4.78 is 0. The van der Waals surface area contributed by atoms with Crippen LogP contribution in [-0.2, 0) is 20.8 Å². The lowest BCUT2D eigenvalue weighted by Crippen LogP contribution is -2.35. The van der Waals surface area contributed by atoms with E-state index in [1.165, 1.54) is 16.0 Å². The fourth-order valence-corrected chi connectivity index (χ4v) is 4.58. The summed E-state index contributed by atoms with van der Waals surface area (Å²) in [6.45, 7) is 2.07. The van der Waals surface area contributed by atoms with Crippen LogP contribution in [0.2, 0.25) is 0 Å². The van der Waals surface area contributed by atoms with Gasteiger partial charge in [-0.25, -0.2) is 0 Å². The van der Waals surface area contributed by atoms with Crippen molar-refractivity contribution in [2.75, 3.05) is 11.9 Å². The first-order valence-corrected chi connectivity index (χ1v) is 10.2. The van der Waals surface area contributed by atoms with Gasteiger partial charge >= 0.3 is 0 Å². The van der Waals surface area contributed by atoms with E-state index in [1.54, 1.807) is 7.05 Å². The van der Waals surface area contributed by atoms with Crippen LogP contribution in [0.4, 0.5) is 5.69 Å². The average molecular weight is 392 g/mol. The van der Waals surface area contributed by atoms with Crippen LogP contribution in [0.1, 0.15) is 37.4 Å². The van der Waals surface area contributed by atoms with Crippen LogP contribution < -0.4 is 10.2 Å². The highest BCUT2D eigenvalue weighted by Gasteiger charge is 2.51. The van der Waals surface area contributed by atoms with Gasteiger partial charge in [-0.3, -0.25) is 19.3 Å². The fraction of sp³-hybridized carbons (Fsp3) is 0.375. The highest BCUT2D eigenvalue weighted by Crippen LogP contribution is 2.42. The first-order chi connectivity index (χ1) is 14.0. The van der Waals surface area contributed by atoms with Crippen molar-refractivity contribution in [1.82, 2.24) is 5.32 Å². The lowest BCUT2D eigenvalue weighted by atomic mass is 9.75. The zero-order valence-corrected chi connectivity index (χ0v) is 16.9. The molecule has 2 aromatic rings. The summed E-state index contributed by atoms with van der Waals surface area (Å²) in [6, 6.07) is 16.1. The summed E-state index contributed by atoms with van der Waals surface area (Å²) in [5.74, 6) is -1.19. The second kappa shape index (κ2) is 7.82. The Morgan fingerprint density at radius 1 is 0.966 bits per heavy atom. The highest BCUT2D eigenvalue weighted by molar-refractivity contribution is 6.22. The Labute approximate surface area is 172 Å². The monoisotopic (exact) mass is 392 g/mol. The van der Waals surface area contributed by atoms with Gasteiger partial charge in [-0.1, -0.05) is 42.0 Å². The van der Waals surface area contributed by atoms with Gasteiger partial charge in [0.05, 0.1) is 17.5 Å². The molecule has 5 nitrogen and oxygen atoms in total. The van der Waals surface area contributed by atoms with Crippen LogP contribution in [0.25, 0.3) is 0 Å². The first-order valence-electron chi connectivity index (χ1n) is 10.2. The summed E-state index contributed by atoms with van der Waals surface area (Å²) in [7, 11) is 1.61. The number of hydrogen-bond donors (Lipinski definition) is 1. The Bertz CT molecular complexity index is 940. The van der Waals surface area contributed by atoms with E-state index >= 15 is 0 Å². The molecule has 1 aliphatic heterocycles. The average Bonchev–Trinajstić information content (AvgIpc) is 2.99. The molecule has 152 valence electrons. The maximum absolute atomic E-state index is 13.0. The van der Waals surface area contributed by atoms with Gasteiger partial charge in [0.15, 0.2) is 0 Å². The van der Waals surface area contributed by atoms with Crippen molar-refractivity contribution in [3.8, 4) is 0 Å². The number of anilines is 1. The zero-order chi connectivity index (χ0) is 20.5. The molecule has 29 heavy (non-hydrogen) atoms. The van der Waals surface area contributed by atoms with Crippen molar-refractivity contribution in [2.24, 2.45) is 17.8 Å². The SMILES string of the molecule is CNC(=O)C1CCC2C(=O)N(c3ccc(Cc4ccc(C)cc4)cc3)C(=O)C2C1.[HH]. The molecule has 1 saturated heterocycles. The number of fused-ring (bicyclic) bond motifs is 1. The van der Waals surface area contributed by atoms with Crippen molar-refractivity contribution in [3.05, 3.63) is 65.2 Å². The van der Waals surface area contributed by atoms with Gasteiger partial charge in [0.2, 0.25) is 17.7 Å². The van der Waals surface area contributed by atoms with Crippen LogP contribution in [0, 0.1) is 24.7 Å². The van der Waals surface area contributed by atoms with E-state index in [-0.39, 0.29) is 36.9 Å². The van der Waals surface area contributed by atoms with E-state index in [2.05, 4.69) is 36.5 Å². The van der Waals surface area contributed by atoms with Crippen LogP contribution >= 0.6 is 0 Å². The Morgan fingerprint density at radius 3 is 2.17 bits per heavy atom. The minimum absolute atomic E-state index is 0. The maximum atomic E-state index is 13.0. The van der Waals surface area contributed by atoms with Crippen molar-refractivity contribution in [3.63, 3.8) is 0 Å². The molecule has 1 saturated carbocycles. The number of hydrogen-bond acceptors (Lipinski definition) is 3. The van der Waals surface area contributed by atoms with Crippen LogP contribution in [0.5, 0.6) is 0 Å². The lowest BCUT2D eigenvalue weighted by Gasteiger charge is -2.27. The molecule has 3 atom stereocenters. The Hall–Kier alpha value is -2.95. The Morgan fingerprint density at radius 2 is 1.55 bits per heavy atom. The van der Waals surface area contributed by atoms with Crippen molar-refractivity contribution in [2.45, 2.75) is 32.6 Å². The number of carbonyl (C=O) groups is 3. The van der Waals surface area contributed by atoms with E-state index in [4.69, 9.17) is 0 Å². The summed E-state index contributed by atoms with van der Waals surface area (Å²) in [5, 5.41) is 2.66. The van der Waals surface area contributed by atoms with Crippen molar-refractivity contribution in [1.29, 1.82) is 0 Å². The number of carbonyl (C=O) groups excluding carboxylic acids is 3. The molecule has 4 rings (SSSR count). The molecule has 0 radical (unpaired) electrons. The van der Waals surface area contributed by atoms with E-state index < -0.39 is 0 Å². The van der Waals surface area contributed by atoms with E-state index in [0.29, 0.717) is 24.9 Å². The Kier molecular flexibility index (Phi) is 5.22. The topological polar surface area (TPSA) is 66.5 Å². The third-order valence-electron chi connectivity index (χ3n) is 6.27. The summed E-state index contributed by atoms with van der Waals surface area (Å²) in [6.07, 6.45) is 2.51. The molecule has 2 aliphatic rings. The predicted molar refractivity (Wildman–Crippen MR) is 113 cm³/mol. The molecule has 2 fully saturated rings.